The highest BCUT2D eigenvalue weighted by Gasteiger charge is 2.32. The summed E-state index contributed by atoms with van der Waals surface area (Å²) < 4.78 is 0. The van der Waals surface area contributed by atoms with E-state index in [1.54, 1.807) is 0 Å². The molecule has 18 nitrogen and oxygen atoms in total. The summed E-state index contributed by atoms with van der Waals surface area (Å²) in [5, 5.41) is 15.7. The lowest BCUT2D eigenvalue weighted by atomic mass is 10.1. The maximum absolute atomic E-state index is 12.8. The van der Waals surface area contributed by atoms with Crippen molar-refractivity contribution in [2.45, 2.75) is 62.7 Å². The van der Waals surface area contributed by atoms with Crippen molar-refractivity contribution >= 4 is 47.4 Å². The third kappa shape index (κ3) is 14.5. The molecule has 0 aromatic rings. The average Bonchev–Trinajstić information content (AvgIpc) is 2.76. The largest absolute Gasteiger partial charge is 0.480 e. The number of hydrogen-bond donors (Lipinski definition) is 10. The molecule has 4 atom stereocenters. The topological polar surface area (TPSA) is 344 Å². The van der Waals surface area contributed by atoms with Crippen molar-refractivity contribution in [2.24, 2.45) is 39.4 Å². The quantitative estimate of drug-likeness (QED) is 0.0451. The van der Waals surface area contributed by atoms with Gasteiger partial charge in [0.15, 0.2) is 5.96 Å². The molecule has 0 bridgehead atoms. The van der Waals surface area contributed by atoms with E-state index in [1.807, 2.05) is 0 Å². The number of carboxylic acid groups (broad SMARTS) is 1. The van der Waals surface area contributed by atoms with Crippen molar-refractivity contribution in [1.82, 2.24) is 16.0 Å². The van der Waals surface area contributed by atoms with Crippen LogP contribution in [0.15, 0.2) is 4.99 Å². The van der Waals surface area contributed by atoms with E-state index in [0.717, 1.165) is 0 Å². The van der Waals surface area contributed by atoms with E-state index in [-0.39, 0.29) is 31.8 Å². The Morgan fingerprint density at radius 2 is 1.14 bits per heavy atom. The molecule has 16 N–H and O–H groups in total. The molecule has 0 saturated carbocycles. The number of primary amides is 3. The molecule has 0 radical (unpaired) electrons. The lowest BCUT2D eigenvalue weighted by molar-refractivity contribution is -0.143. The number of guanidine groups is 1. The molecule has 18 heteroatoms. The molecule has 0 aromatic carbocycles. The second-order valence-corrected chi connectivity index (χ2v) is 7.92. The molecule has 0 spiro atoms. The third-order valence-electron chi connectivity index (χ3n) is 4.67. The first-order chi connectivity index (χ1) is 17.1. The van der Waals surface area contributed by atoms with Gasteiger partial charge in [0.25, 0.3) is 0 Å². The number of carbonyl (C=O) groups is 7. The Hall–Kier alpha value is -4.48. The van der Waals surface area contributed by atoms with Gasteiger partial charge in [0.2, 0.25) is 35.4 Å². The van der Waals surface area contributed by atoms with E-state index in [0.29, 0.717) is 6.42 Å². The van der Waals surface area contributed by atoms with Crippen LogP contribution in [-0.2, 0) is 33.6 Å². The zero-order valence-electron chi connectivity index (χ0n) is 20.0. The van der Waals surface area contributed by atoms with Crippen LogP contribution in [0.4, 0.5) is 0 Å². The Balaban J connectivity index is 5.46. The van der Waals surface area contributed by atoms with Gasteiger partial charge < -0.3 is 55.5 Å². The highest BCUT2D eigenvalue weighted by molar-refractivity contribution is 5.97. The summed E-state index contributed by atoms with van der Waals surface area (Å²) in [6.45, 7) is 0.190. The molecule has 4 unspecified atom stereocenters. The van der Waals surface area contributed by atoms with Crippen LogP contribution in [0.1, 0.15) is 38.5 Å². The van der Waals surface area contributed by atoms with Gasteiger partial charge in [-0.25, -0.2) is 4.79 Å². The second-order valence-electron chi connectivity index (χ2n) is 7.92. The number of aliphatic carboxylic acids is 1. The number of amides is 6. The first-order valence-electron chi connectivity index (χ1n) is 10.9. The van der Waals surface area contributed by atoms with Gasteiger partial charge in [-0.3, -0.25) is 33.8 Å². The van der Waals surface area contributed by atoms with E-state index < -0.39 is 78.4 Å². The Labute approximate surface area is 211 Å². The minimum absolute atomic E-state index is 0.113. The van der Waals surface area contributed by atoms with Crippen molar-refractivity contribution in [3.63, 3.8) is 0 Å². The Kier molecular flexibility index (Phi) is 14.3. The van der Waals surface area contributed by atoms with Gasteiger partial charge in [0.1, 0.15) is 18.1 Å². The van der Waals surface area contributed by atoms with Gasteiger partial charge >= 0.3 is 5.97 Å². The number of hydrogen-bond acceptors (Lipinski definition) is 9. The van der Waals surface area contributed by atoms with Crippen LogP contribution in [0.5, 0.6) is 0 Å². The Morgan fingerprint density at radius 1 is 0.676 bits per heavy atom. The molecule has 0 aliphatic rings. The summed E-state index contributed by atoms with van der Waals surface area (Å²) >= 11 is 0. The number of nitrogens with two attached hydrogens (primary N) is 6. The van der Waals surface area contributed by atoms with E-state index >= 15 is 0 Å². The van der Waals surface area contributed by atoms with E-state index in [1.165, 1.54) is 0 Å². The molecule has 0 fully saturated rings. The van der Waals surface area contributed by atoms with Gasteiger partial charge in [0.05, 0.1) is 18.9 Å². The van der Waals surface area contributed by atoms with Crippen LogP contribution in [0, 0.1) is 0 Å². The SMILES string of the molecule is NC(=O)CCC(NC(=O)C(CC(N)=O)NC(=O)C(CC(N)=O)NC(=O)C(N)CCCN=C(N)N)C(=O)O. The summed E-state index contributed by atoms with van der Waals surface area (Å²) in [5.41, 5.74) is 31.4. The summed E-state index contributed by atoms with van der Waals surface area (Å²) in [4.78, 5) is 86.7. The maximum Gasteiger partial charge on any atom is 0.326 e. The highest BCUT2D eigenvalue weighted by Crippen LogP contribution is 2.03. The first-order valence-corrected chi connectivity index (χ1v) is 10.9. The Morgan fingerprint density at radius 3 is 1.54 bits per heavy atom. The molecule has 0 saturated heterocycles. The lowest BCUT2D eigenvalue weighted by Crippen LogP contribution is -2.58. The van der Waals surface area contributed by atoms with Gasteiger partial charge in [0, 0.05) is 13.0 Å². The second kappa shape index (κ2) is 16.2. The molecular weight excluding hydrogens is 496 g/mol. The predicted octanol–water partition coefficient (Wildman–Crippen LogP) is -6.08. The van der Waals surface area contributed by atoms with Gasteiger partial charge in [-0.05, 0) is 19.3 Å². The lowest BCUT2D eigenvalue weighted by Gasteiger charge is -2.24. The van der Waals surface area contributed by atoms with Crippen molar-refractivity contribution in [3.8, 4) is 0 Å². The minimum Gasteiger partial charge on any atom is -0.480 e. The monoisotopic (exact) mass is 530 g/mol. The van der Waals surface area contributed by atoms with Gasteiger partial charge in [-0.2, -0.15) is 0 Å². The summed E-state index contributed by atoms with van der Waals surface area (Å²) in [7, 11) is 0. The predicted molar refractivity (Wildman–Crippen MR) is 127 cm³/mol. The van der Waals surface area contributed by atoms with Crippen LogP contribution >= 0.6 is 0 Å². The molecule has 208 valence electrons. The van der Waals surface area contributed by atoms with E-state index in [2.05, 4.69) is 20.9 Å². The smallest absolute Gasteiger partial charge is 0.326 e. The number of aliphatic imine (C=N–C) groups is 1. The molecule has 6 amide bonds. The van der Waals surface area contributed by atoms with E-state index in [4.69, 9.17) is 34.4 Å². The van der Waals surface area contributed by atoms with Crippen LogP contribution in [0.3, 0.4) is 0 Å². The van der Waals surface area contributed by atoms with Crippen LogP contribution in [0.2, 0.25) is 0 Å². The average molecular weight is 531 g/mol. The summed E-state index contributed by atoms with van der Waals surface area (Å²) in [6, 6.07) is -5.99. The Bertz CT molecular complexity index is 905. The minimum atomic E-state index is -1.69. The fraction of sp³-hybridized carbons (Fsp3) is 0.579. The molecule has 0 aromatic heterocycles. The summed E-state index contributed by atoms with van der Waals surface area (Å²) in [6.07, 6.45) is -1.76. The maximum atomic E-state index is 12.8. The van der Waals surface area contributed by atoms with Gasteiger partial charge in [-0.1, -0.05) is 0 Å². The molecule has 0 rings (SSSR count). The van der Waals surface area contributed by atoms with Crippen molar-refractivity contribution in [1.29, 1.82) is 0 Å². The molecule has 0 aliphatic carbocycles. The van der Waals surface area contributed by atoms with Crippen molar-refractivity contribution in [3.05, 3.63) is 0 Å². The van der Waals surface area contributed by atoms with E-state index in [9.17, 15) is 38.7 Å². The fourth-order valence-electron chi connectivity index (χ4n) is 2.84. The van der Waals surface area contributed by atoms with Crippen molar-refractivity contribution in [2.75, 3.05) is 6.54 Å². The molecule has 37 heavy (non-hydrogen) atoms. The van der Waals surface area contributed by atoms with Crippen LogP contribution < -0.4 is 50.4 Å². The number of nitrogens with one attached hydrogen (secondary N) is 3. The normalized spacial score (nSPS) is 13.6. The number of rotatable bonds is 18. The zero-order chi connectivity index (χ0) is 28.7. The van der Waals surface area contributed by atoms with Crippen LogP contribution in [0.25, 0.3) is 0 Å². The number of nitrogens with zero attached hydrogens (tertiary/aromatic N) is 1. The number of carbonyl (C=O) groups excluding carboxylic acids is 6. The summed E-state index contributed by atoms with van der Waals surface area (Å²) in [5.74, 6) is -7.58. The standard InChI is InChI=1S/C19H34N10O8/c20-8(2-1-5-26-19(24)25)15(33)28-10(6-13(22)31)17(35)29-11(7-14(23)32)16(34)27-9(18(36)37)3-4-12(21)30/h8-11H,1-7,20H2,(H2,21,30)(H2,22,31)(H2,23,32)(H,27,34)(H,28,33)(H,29,35)(H,36,37)(H4,24,25,26). The van der Waals surface area contributed by atoms with Gasteiger partial charge in [-0.15, -0.1) is 0 Å². The molecular formula is C19H34N10O8. The first kappa shape index (κ1) is 32.5. The third-order valence-corrected chi connectivity index (χ3v) is 4.67. The molecule has 0 heterocycles. The molecule has 0 aliphatic heterocycles. The van der Waals surface area contributed by atoms with Crippen LogP contribution in [-0.4, -0.2) is 83.2 Å². The number of carboxylic acids is 1. The zero-order valence-corrected chi connectivity index (χ0v) is 20.0. The van der Waals surface area contributed by atoms with Crippen molar-refractivity contribution < 1.29 is 38.7 Å². The fourth-order valence-corrected chi connectivity index (χ4v) is 2.84. The highest BCUT2D eigenvalue weighted by atomic mass is 16.4.